The van der Waals surface area contributed by atoms with E-state index >= 15 is 0 Å². The van der Waals surface area contributed by atoms with Gasteiger partial charge in [-0.15, -0.1) is 0 Å². The number of anilines is 1. The van der Waals surface area contributed by atoms with Crippen molar-refractivity contribution in [3.8, 4) is 0 Å². The second kappa shape index (κ2) is 5.09. The van der Waals surface area contributed by atoms with Crippen LogP contribution in [0.3, 0.4) is 0 Å². The van der Waals surface area contributed by atoms with Gasteiger partial charge in [-0.1, -0.05) is 34.8 Å². The molecule has 18 heavy (non-hydrogen) atoms. The number of halogens is 3. The Kier molecular flexibility index (Phi) is 3.63. The molecule has 2 aliphatic rings. The number of nitrogens with one attached hydrogen (secondary N) is 1. The molecule has 1 atom stereocenters. The summed E-state index contributed by atoms with van der Waals surface area (Å²) in [7, 11) is 0. The lowest BCUT2D eigenvalue weighted by Gasteiger charge is -2.17. The minimum absolute atomic E-state index is 0.459. The summed E-state index contributed by atoms with van der Waals surface area (Å²) in [6, 6.07) is 4.80. The van der Waals surface area contributed by atoms with Crippen molar-refractivity contribution in [3.05, 3.63) is 27.2 Å². The Morgan fingerprint density at radius 3 is 2.44 bits per heavy atom. The van der Waals surface area contributed by atoms with E-state index in [0.29, 0.717) is 21.1 Å². The molecule has 1 aliphatic carbocycles. The lowest BCUT2D eigenvalue weighted by molar-refractivity contribution is 0.326. The van der Waals surface area contributed by atoms with Crippen LogP contribution < -0.4 is 5.32 Å². The number of nitrogens with zero attached hydrogens (tertiary/aromatic N) is 1. The first-order chi connectivity index (χ1) is 8.63. The summed E-state index contributed by atoms with van der Waals surface area (Å²) in [6.45, 7) is 2.28. The number of likely N-dealkylation sites (tertiary alicyclic amines) is 1. The molecule has 2 fully saturated rings. The number of benzene rings is 1. The molecular weight excluding hydrogens is 291 g/mol. The minimum atomic E-state index is 0.459. The molecule has 0 aromatic heterocycles. The van der Waals surface area contributed by atoms with Crippen molar-refractivity contribution in [1.29, 1.82) is 0 Å². The summed E-state index contributed by atoms with van der Waals surface area (Å²) < 4.78 is 0. The monoisotopic (exact) mass is 304 g/mol. The van der Waals surface area contributed by atoms with E-state index in [4.69, 9.17) is 34.8 Å². The van der Waals surface area contributed by atoms with E-state index in [1.165, 1.54) is 19.4 Å². The van der Waals surface area contributed by atoms with Gasteiger partial charge in [0.05, 0.1) is 20.8 Å². The first-order valence-electron chi connectivity index (χ1n) is 6.28. The third-order valence-electron chi connectivity index (χ3n) is 3.65. The molecular formula is C13H15Cl3N2. The summed E-state index contributed by atoms with van der Waals surface area (Å²) in [5.41, 5.74) is 0.883. The van der Waals surface area contributed by atoms with Gasteiger partial charge < -0.3 is 5.32 Å². The summed E-state index contributed by atoms with van der Waals surface area (Å²) in [5, 5.41) is 5.15. The Balaban J connectivity index is 1.67. The molecule has 2 nitrogen and oxygen atoms in total. The van der Waals surface area contributed by atoms with E-state index in [0.717, 1.165) is 24.7 Å². The molecule has 1 aromatic rings. The van der Waals surface area contributed by atoms with Gasteiger partial charge in [0.15, 0.2) is 0 Å². The van der Waals surface area contributed by atoms with E-state index in [2.05, 4.69) is 10.2 Å². The maximum Gasteiger partial charge on any atom is 0.0653 e. The van der Waals surface area contributed by atoms with Crippen LogP contribution in [0, 0.1) is 0 Å². The van der Waals surface area contributed by atoms with Crippen LogP contribution in [0.2, 0.25) is 15.1 Å². The molecule has 1 saturated carbocycles. The van der Waals surface area contributed by atoms with Crippen LogP contribution in [0.15, 0.2) is 12.1 Å². The van der Waals surface area contributed by atoms with E-state index in [-0.39, 0.29) is 0 Å². The molecule has 1 unspecified atom stereocenters. The third kappa shape index (κ3) is 2.72. The highest BCUT2D eigenvalue weighted by molar-refractivity contribution is 6.44. The zero-order chi connectivity index (χ0) is 12.7. The Morgan fingerprint density at radius 2 is 1.72 bits per heavy atom. The molecule has 0 radical (unpaired) electrons. The smallest absolute Gasteiger partial charge is 0.0653 e. The standard InChI is InChI=1S/C13H15Cl3N2/c14-10-5-12(16)13(6-11(10)15)17-8-3-4-18(7-8)9-1-2-9/h5-6,8-9,17H,1-4,7H2. The molecule has 0 amide bonds. The van der Waals surface area contributed by atoms with Crippen LogP contribution in [-0.4, -0.2) is 30.1 Å². The van der Waals surface area contributed by atoms with Gasteiger partial charge in [0.25, 0.3) is 0 Å². The fraction of sp³-hybridized carbons (Fsp3) is 0.538. The van der Waals surface area contributed by atoms with Crippen molar-refractivity contribution in [2.24, 2.45) is 0 Å². The SMILES string of the molecule is Clc1cc(Cl)c(NC2CCN(C3CC3)C2)cc1Cl. The van der Waals surface area contributed by atoms with Crippen LogP contribution in [0.5, 0.6) is 0 Å². The van der Waals surface area contributed by atoms with Gasteiger partial charge in [-0.2, -0.15) is 0 Å². The van der Waals surface area contributed by atoms with E-state index in [1.54, 1.807) is 6.07 Å². The van der Waals surface area contributed by atoms with E-state index in [9.17, 15) is 0 Å². The molecule has 1 heterocycles. The lowest BCUT2D eigenvalue weighted by atomic mass is 10.2. The summed E-state index contributed by atoms with van der Waals surface area (Å²) in [5.74, 6) is 0. The highest BCUT2D eigenvalue weighted by Gasteiger charge is 2.34. The van der Waals surface area contributed by atoms with Crippen LogP contribution >= 0.6 is 34.8 Å². The predicted octanol–water partition coefficient (Wildman–Crippen LogP) is 4.30. The largest absolute Gasteiger partial charge is 0.380 e. The van der Waals surface area contributed by atoms with Crippen molar-refractivity contribution in [2.45, 2.75) is 31.3 Å². The second-order valence-electron chi connectivity index (χ2n) is 5.10. The molecule has 0 bridgehead atoms. The molecule has 98 valence electrons. The van der Waals surface area contributed by atoms with Crippen molar-refractivity contribution < 1.29 is 0 Å². The van der Waals surface area contributed by atoms with Gasteiger partial charge in [-0.05, 0) is 31.4 Å². The Bertz CT molecular complexity index is 460. The topological polar surface area (TPSA) is 15.3 Å². The molecule has 1 N–H and O–H groups in total. The molecule has 1 aliphatic heterocycles. The zero-order valence-electron chi connectivity index (χ0n) is 9.93. The normalized spacial score (nSPS) is 24.5. The first kappa shape index (κ1) is 12.9. The van der Waals surface area contributed by atoms with E-state index in [1.807, 2.05) is 6.07 Å². The van der Waals surface area contributed by atoms with Gasteiger partial charge >= 0.3 is 0 Å². The molecule has 3 rings (SSSR count). The van der Waals surface area contributed by atoms with Crippen molar-refractivity contribution in [3.63, 3.8) is 0 Å². The third-order valence-corrected chi connectivity index (χ3v) is 4.69. The maximum atomic E-state index is 6.17. The lowest BCUT2D eigenvalue weighted by Crippen LogP contribution is -2.27. The Hall–Kier alpha value is -0.150. The van der Waals surface area contributed by atoms with Crippen molar-refractivity contribution in [1.82, 2.24) is 4.90 Å². The minimum Gasteiger partial charge on any atom is -0.380 e. The van der Waals surface area contributed by atoms with Gasteiger partial charge in [-0.3, -0.25) is 4.90 Å². The first-order valence-corrected chi connectivity index (χ1v) is 7.42. The van der Waals surface area contributed by atoms with Gasteiger partial charge in [0.2, 0.25) is 0 Å². The zero-order valence-corrected chi connectivity index (χ0v) is 12.2. The predicted molar refractivity (Wildman–Crippen MR) is 78.1 cm³/mol. The summed E-state index contributed by atoms with van der Waals surface area (Å²) >= 11 is 18.1. The molecule has 5 heteroatoms. The quantitative estimate of drug-likeness (QED) is 0.838. The van der Waals surface area contributed by atoms with Crippen molar-refractivity contribution >= 4 is 40.5 Å². The Morgan fingerprint density at radius 1 is 1.00 bits per heavy atom. The highest BCUT2D eigenvalue weighted by atomic mass is 35.5. The Labute approximate surface area is 122 Å². The fourth-order valence-electron chi connectivity index (χ4n) is 2.53. The summed E-state index contributed by atoms with van der Waals surface area (Å²) in [4.78, 5) is 2.56. The molecule has 1 aromatic carbocycles. The fourth-order valence-corrected chi connectivity index (χ4v) is 3.13. The average Bonchev–Trinajstić information content (AvgIpc) is 3.07. The number of rotatable bonds is 3. The maximum absolute atomic E-state index is 6.17. The highest BCUT2D eigenvalue weighted by Crippen LogP contribution is 2.34. The molecule has 0 spiro atoms. The molecule has 1 saturated heterocycles. The second-order valence-corrected chi connectivity index (χ2v) is 6.32. The van der Waals surface area contributed by atoms with Crippen LogP contribution in [-0.2, 0) is 0 Å². The van der Waals surface area contributed by atoms with Crippen LogP contribution in [0.25, 0.3) is 0 Å². The number of hydrogen-bond donors (Lipinski definition) is 1. The van der Waals surface area contributed by atoms with Crippen molar-refractivity contribution in [2.75, 3.05) is 18.4 Å². The van der Waals surface area contributed by atoms with Crippen LogP contribution in [0.4, 0.5) is 5.69 Å². The average molecular weight is 306 g/mol. The van der Waals surface area contributed by atoms with E-state index < -0.39 is 0 Å². The summed E-state index contributed by atoms with van der Waals surface area (Å²) in [6.07, 6.45) is 3.88. The van der Waals surface area contributed by atoms with Gasteiger partial charge in [0, 0.05) is 25.2 Å². The van der Waals surface area contributed by atoms with Gasteiger partial charge in [0.1, 0.15) is 0 Å². The van der Waals surface area contributed by atoms with Gasteiger partial charge in [-0.25, -0.2) is 0 Å². The van der Waals surface area contributed by atoms with Crippen LogP contribution in [0.1, 0.15) is 19.3 Å². The number of hydrogen-bond acceptors (Lipinski definition) is 2.